The third kappa shape index (κ3) is 4.53. The second-order valence-corrected chi connectivity index (χ2v) is 10.3. The van der Waals surface area contributed by atoms with Crippen molar-refractivity contribution in [2.24, 2.45) is 5.14 Å². The summed E-state index contributed by atoms with van der Waals surface area (Å²) in [4.78, 5) is 17.9. The van der Waals surface area contributed by atoms with Gasteiger partial charge in [0.05, 0.1) is 21.3 Å². The van der Waals surface area contributed by atoms with Gasteiger partial charge in [-0.1, -0.05) is 36.7 Å². The second-order valence-electron chi connectivity index (χ2n) is 6.84. The van der Waals surface area contributed by atoms with Crippen LogP contribution >= 0.6 is 34.5 Å². The summed E-state index contributed by atoms with van der Waals surface area (Å²) in [6, 6.07) is 10.6. The van der Waals surface area contributed by atoms with Gasteiger partial charge in [0.2, 0.25) is 15.3 Å². The van der Waals surface area contributed by atoms with Gasteiger partial charge in [-0.2, -0.15) is 0 Å². The van der Waals surface area contributed by atoms with Crippen molar-refractivity contribution in [2.75, 3.05) is 0 Å². The van der Waals surface area contributed by atoms with E-state index in [-0.39, 0.29) is 16.7 Å². The standard InChI is InChI=1S/C21H17Cl2N5O2S2/c1-2-16(32(24,29)30)13-4-3-5-14(17(13)22)18-19(15-8-11-26-21(23)27-15)31-20(28-18)12-6-9-25-10-7-12/h3-11,16H,2H2,1H3,(H2,24,29,30). The number of nitrogens with zero attached hydrogens (tertiary/aromatic N) is 4. The first-order valence-corrected chi connectivity index (χ1v) is 12.7. The molecule has 11 heteroatoms. The maximum absolute atomic E-state index is 12.1. The number of thiazole rings is 1. The van der Waals surface area contributed by atoms with Gasteiger partial charge in [0, 0.05) is 29.7 Å². The van der Waals surface area contributed by atoms with Gasteiger partial charge in [0.25, 0.3) is 0 Å². The van der Waals surface area contributed by atoms with Crippen molar-refractivity contribution >= 4 is 44.6 Å². The fourth-order valence-electron chi connectivity index (χ4n) is 3.37. The SMILES string of the molecule is CCC(c1cccc(-c2nc(-c3ccncc3)sc2-c2ccnc(Cl)n2)c1Cl)S(N)(=O)=O. The van der Waals surface area contributed by atoms with Gasteiger partial charge in [-0.25, -0.2) is 28.5 Å². The summed E-state index contributed by atoms with van der Waals surface area (Å²) in [5.41, 5.74) is 3.03. The Kier molecular flexibility index (Phi) is 6.55. The van der Waals surface area contributed by atoms with E-state index >= 15 is 0 Å². The van der Waals surface area contributed by atoms with E-state index in [4.69, 9.17) is 33.3 Å². The van der Waals surface area contributed by atoms with Crippen molar-refractivity contribution in [2.45, 2.75) is 18.6 Å². The minimum atomic E-state index is -3.84. The Morgan fingerprint density at radius 2 is 1.81 bits per heavy atom. The molecule has 0 fully saturated rings. The van der Waals surface area contributed by atoms with Crippen LogP contribution in [0.25, 0.3) is 32.4 Å². The molecule has 7 nitrogen and oxygen atoms in total. The smallest absolute Gasteiger partial charge is 0.222 e. The Bertz CT molecular complexity index is 1380. The summed E-state index contributed by atoms with van der Waals surface area (Å²) in [5.74, 6) is 0. The molecular formula is C21H17Cl2N5O2S2. The molecule has 32 heavy (non-hydrogen) atoms. The van der Waals surface area contributed by atoms with Crippen LogP contribution in [0.5, 0.6) is 0 Å². The van der Waals surface area contributed by atoms with Crippen LogP contribution in [0.2, 0.25) is 10.3 Å². The predicted molar refractivity (Wildman–Crippen MR) is 128 cm³/mol. The van der Waals surface area contributed by atoms with E-state index in [9.17, 15) is 8.42 Å². The number of halogens is 2. The van der Waals surface area contributed by atoms with E-state index < -0.39 is 15.3 Å². The number of rotatable bonds is 6. The molecule has 1 atom stereocenters. The molecule has 0 aliphatic carbocycles. The minimum Gasteiger partial charge on any atom is -0.265 e. The average molecular weight is 506 g/mol. The van der Waals surface area contributed by atoms with E-state index in [1.807, 2.05) is 12.1 Å². The Morgan fingerprint density at radius 1 is 1.06 bits per heavy atom. The summed E-state index contributed by atoms with van der Waals surface area (Å²) < 4.78 is 24.3. The van der Waals surface area contributed by atoms with Gasteiger partial charge in [0.1, 0.15) is 10.3 Å². The Balaban J connectivity index is 1.96. The number of hydrogen-bond donors (Lipinski definition) is 1. The highest BCUT2D eigenvalue weighted by Crippen LogP contribution is 2.44. The van der Waals surface area contributed by atoms with Gasteiger partial charge >= 0.3 is 0 Å². The van der Waals surface area contributed by atoms with Crippen LogP contribution < -0.4 is 5.14 Å². The molecule has 0 aliphatic heterocycles. The fraction of sp³-hybridized carbons (Fsp3) is 0.143. The van der Waals surface area contributed by atoms with Crippen LogP contribution in [-0.2, 0) is 10.0 Å². The number of benzene rings is 1. The van der Waals surface area contributed by atoms with Gasteiger partial charge in [-0.3, -0.25) is 4.98 Å². The summed E-state index contributed by atoms with van der Waals surface area (Å²) in [7, 11) is -3.84. The Labute approximate surface area is 199 Å². The number of nitrogens with two attached hydrogens (primary N) is 1. The highest BCUT2D eigenvalue weighted by atomic mass is 35.5. The molecule has 0 amide bonds. The van der Waals surface area contributed by atoms with Crippen molar-refractivity contribution in [1.82, 2.24) is 19.9 Å². The van der Waals surface area contributed by atoms with Crippen molar-refractivity contribution < 1.29 is 8.42 Å². The molecule has 4 rings (SSSR count). The highest BCUT2D eigenvalue weighted by molar-refractivity contribution is 7.89. The number of pyridine rings is 1. The van der Waals surface area contributed by atoms with Crippen molar-refractivity contribution in [1.29, 1.82) is 0 Å². The minimum absolute atomic E-state index is 0.104. The third-order valence-corrected chi connectivity index (χ3v) is 7.92. The van der Waals surface area contributed by atoms with Crippen LogP contribution in [0, 0.1) is 0 Å². The van der Waals surface area contributed by atoms with Crippen LogP contribution in [0.1, 0.15) is 24.2 Å². The first kappa shape index (κ1) is 22.8. The van der Waals surface area contributed by atoms with E-state index in [0.29, 0.717) is 22.5 Å². The zero-order chi connectivity index (χ0) is 22.9. The molecule has 1 unspecified atom stereocenters. The number of sulfonamides is 1. The van der Waals surface area contributed by atoms with Gasteiger partial charge in [-0.05, 0) is 41.8 Å². The predicted octanol–water partition coefficient (Wildman–Crippen LogP) is 5.38. The van der Waals surface area contributed by atoms with Crippen LogP contribution in [-0.4, -0.2) is 28.4 Å². The molecule has 4 aromatic rings. The van der Waals surface area contributed by atoms with Crippen molar-refractivity contribution in [3.05, 3.63) is 70.9 Å². The van der Waals surface area contributed by atoms with Gasteiger partial charge in [0.15, 0.2) is 0 Å². The fourth-order valence-corrected chi connectivity index (χ4v) is 6.00. The molecule has 3 aromatic heterocycles. The third-order valence-electron chi connectivity index (χ3n) is 4.81. The molecule has 1 aromatic carbocycles. The zero-order valence-electron chi connectivity index (χ0n) is 16.7. The zero-order valence-corrected chi connectivity index (χ0v) is 19.9. The topological polar surface area (TPSA) is 112 Å². The first-order valence-electron chi connectivity index (χ1n) is 9.50. The van der Waals surface area contributed by atoms with E-state index in [1.165, 1.54) is 11.3 Å². The maximum atomic E-state index is 12.1. The molecule has 0 spiro atoms. The largest absolute Gasteiger partial charge is 0.265 e. The molecule has 0 saturated heterocycles. The lowest BCUT2D eigenvalue weighted by molar-refractivity contribution is 0.581. The summed E-state index contributed by atoms with van der Waals surface area (Å²) in [6.45, 7) is 1.75. The molecule has 3 heterocycles. The maximum Gasteiger partial charge on any atom is 0.222 e. The normalized spacial score (nSPS) is 12.6. The van der Waals surface area contributed by atoms with E-state index in [2.05, 4.69) is 15.0 Å². The van der Waals surface area contributed by atoms with Crippen molar-refractivity contribution in [3.63, 3.8) is 0 Å². The lowest BCUT2D eigenvalue weighted by atomic mass is 10.0. The van der Waals surface area contributed by atoms with Gasteiger partial charge < -0.3 is 0 Å². The Hall–Kier alpha value is -2.43. The van der Waals surface area contributed by atoms with E-state index in [1.54, 1.807) is 49.8 Å². The molecule has 164 valence electrons. The monoisotopic (exact) mass is 505 g/mol. The summed E-state index contributed by atoms with van der Waals surface area (Å²) >= 11 is 14.2. The molecule has 0 radical (unpaired) electrons. The quantitative estimate of drug-likeness (QED) is 0.352. The first-order chi connectivity index (χ1) is 15.3. The van der Waals surface area contributed by atoms with Crippen LogP contribution in [0.4, 0.5) is 0 Å². The van der Waals surface area contributed by atoms with Gasteiger partial charge in [-0.15, -0.1) is 11.3 Å². The summed E-state index contributed by atoms with van der Waals surface area (Å²) in [6.07, 6.45) is 5.22. The summed E-state index contributed by atoms with van der Waals surface area (Å²) in [5, 5.41) is 5.65. The second kappa shape index (κ2) is 9.21. The van der Waals surface area contributed by atoms with Crippen LogP contribution in [0.3, 0.4) is 0 Å². The molecule has 2 N–H and O–H groups in total. The average Bonchev–Trinajstić information content (AvgIpc) is 3.20. The Morgan fingerprint density at radius 3 is 2.47 bits per heavy atom. The lowest BCUT2D eigenvalue weighted by Crippen LogP contribution is -2.21. The number of hydrogen-bond acceptors (Lipinski definition) is 7. The molecule has 0 aliphatic rings. The van der Waals surface area contributed by atoms with Crippen LogP contribution in [0.15, 0.2) is 55.0 Å². The lowest BCUT2D eigenvalue weighted by Gasteiger charge is -2.16. The molecule has 0 saturated carbocycles. The number of aromatic nitrogens is 4. The molecule has 0 bridgehead atoms. The van der Waals surface area contributed by atoms with E-state index in [0.717, 1.165) is 15.4 Å². The number of primary sulfonamides is 1. The molecular weight excluding hydrogens is 489 g/mol. The highest BCUT2D eigenvalue weighted by Gasteiger charge is 2.27. The van der Waals surface area contributed by atoms with Crippen molar-refractivity contribution in [3.8, 4) is 32.4 Å².